The molecular weight excluding hydrogens is 317 g/mol. The third-order valence-electron chi connectivity index (χ3n) is 5.98. The van der Waals surface area contributed by atoms with Crippen molar-refractivity contribution in [3.05, 3.63) is 30.1 Å². The van der Waals surface area contributed by atoms with Crippen molar-refractivity contribution in [3.8, 4) is 0 Å². The maximum atomic E-state index is 13.0. The molecule has 138 valence electrons. The minimum absolute atomic E-state index is 0.154. The van der Waals surface area contributed by atoms with Crippen LogP contribution in [0.3, 0.4) is 0 Å². The van der Waals surface area contributed by atoms with Crippen LogP contribution in [-0.4, -0.2) is 49.6 Å². The van der Waals surface area contributed by atoms with Gasteiger partial charge in [-0.1, -0.05) is 26.7 Å². The van der Waals surface area contributed by atoms with Crippen molar-refractivity contribution in [2.75, 3.05) is 37.6 Å². The molecule has 0 bridgehead atoms. The number of hydrogen-bond acceptors (Lipinski definition) is 3. The van der Waals surface area contributed by atoms with Crippen LogP contribution < -0.4 is 10.2 Å². The Morgan fingerprint density at radius 1 is 1.12 bits per heavy atom. The minimum atomic E-state index is -0.203. The number of carbonyl (C=O) groups is 1. The molecule has 3 atom stereocenters. The topological polar surface area (TPSA) is 35.6 Å². The van der Waals surface area contributed by atoms with E-state index in [2.05, 4.69) is 29.0 Å². The molecular formula is C20H30FN3O. The van der Waals surface area contributed by atoms with E-state index >= 15 is 0 Å². The second-order valence-electron chi connectivity index (χ2n) is 7.68. The lowest BCUT2D eigenvalue weighted by molar-refractivity contribution is -0.123. The molecule has 3 rings (SSSR count). The Bertz CT molecular complexity index is 569. The van der Waals surface area contributed by atoms with Crippen molar-refractivity contribution in [3.63, 3.8) is 0 Å². The highest BCUT2D eigenvalue weighted by molar-refractivity contribution is 5.78. The van der Waals surface area contributed by atoms with Crippen LogP contribution >= 0.6 is 0 Å². The van der Waals surface area contributed by atoms with Gasteiger partial charge in [0.15, 0.2) is 0 Å². The van der Waals surface area contributed by atoms with Crippen molar-refractivity contribution >= 4 is 11.6 Å². The summed E-state index contributed by atoms with van der Waals surface area (Å²) >= 11 is 0. The number of carbonyl (C=O) groups excluding carboxylic acids is 1. The molecule has 2 fully saturated rings. The van der Waals surface area contributed by atoms with Crippen molar-refractivity contribution < 1.29 is 9.18 Å². The summed E-state index contributed by atoms with van der Waals surface area (Å²) in [7, 11) is 0. The Labute approximate surface area is 150 Å². The molecule has 1 saturated heterocycles. The molecule has 4 nitrogen and oxygen atoms in total. The average molecular weight is 347 g/mol. The van der Waals surface area contributed by atoms with Crippen molar-refractivity contribution in [1.82, 2.24) is 10.2 Å². The molecule has 1 aromatic rings. The third kappa shape index (κ3) is 4.72. The number of amides is 1. The molecule has 1 aliphatic heterocycles. The maximum absolute atomic E-state index is 13.0. The molecule has 1 heterocycles. The first-order valence-corrected chi connectivity index (χ1v) is 9.55. The van der Waals surface area contributed by atoms with E-state index in [1.807, 2.05) is 12.1 Å². The summed E-state index contributed by atoms with van der Waals surface area (Å²) < 4.78 is 13.0. The Kier molecular flexibility index (Phi) is 5.94. The van der Waals surface area contributed by atoms with Gasteiger partial charge in [0, 0.05) is 37.9 Å². The average Bonchev–Trinajstić information content (AvgIpc) is 2.60. The van der Waals surface area contributed by atoms with E-state index in [-0.39, 0.29) is 11.7 Å². The molecule has 25 heavy (non-hydrogen) atoms. The standard InChI is InChI=1S/C20H30FN3O/c1-15-4-3-5-19(16(15)2)22-20(25)14-23-10-12-24(13-11-23)18-8-6-17(21)7-9-18/h6-9,15-16,19H,3-5,10-14H2,1-2H3,(H,22,25)/t15-,16+,19+/m0/s1. The van der Waals surface area contributed by atoms with E-state index in [1.54, 1.807) is 0 Å². The van der Waals surface area contributed by atoms with Gasteiger partial charge in [-0.3, -0.25) is 9.69 Å². The number of hydrogen-bond donors (Lipinski definition) is 1. The molecule has 1 aliphatic carbocycles. The Balaban J connectivity index is 1.44. The van der Waals surface area contributed by atoms with Gasteiger partial charge in [-0.05, 0) is 42.5 Å². The SMILES string of the molecule is C[C@@H]1[C@@H](C)CCC[C@H]1NC(=O)CN1CCN(c2ccc(F)cc2)CC1. The molecule has 1 N–H and O–H groups in total. The van der Waals surface area contributed by atoms with Crippen LogP contribution in [0.25, 0.3) is 0 Å². The highest BCUT2D eigenvalue weighted by Gasteiger charge is 2.28. The zero-order valence-electron chi connectivity index (χ0n) is 15.4. The maximum Gasteiger partial charge on any atom is 0.234 e. The fraction of sp³-hybridized carbons (Fsp3) is 0.650. The van der Waals surface area contributed by atoms with Crippen LogP contribution in [0.4, 0.5) is 10.1 Å². The first-order chi connectivity index (χ1) is 12.0. The minimum Gasteiger partial charge on any atom is -0.369 e. The second kappa shape index (κ2) is 8.17. The van der Waals surface area contributed by atoms with Crippen molar-refractivity contribution in [1.29, 1.82) is 0 Å². The molecule has 1 amide bonds. The number of rotatable bonds is 4. The molecule has 1 aromatic carbocycles. The predicted molar refractivity (Wildman–Crippen MR) is 99.2 cm³/mol. The van der Waals surface area contributed by atoms with E-state index in [4.69, 9.17) is 0 Å². The van der Waals surface area contributed by atoms with Gasteiger partial charge in [0.2, 0.25) is 5.91 Å². The molecule has 5 heteroatoms. The number of piperazine rings is 1. The number of nitrogens with zero attached hydrogens (tertiary/aromatic N) is 2. The lowest BCUT2D eigenvalue weighted by atomic mass is 9.78. The summed E-state index contributed by atoms with van der Waals surface area (Å²) in [5, 5.41) is 3.26. The van der Waals surface area contributed by atoms with Crippen LogP contribution in [0, 0.1) is 17.7 Å². The van der Waals surface area contributed by atoms with Gasteiger partial charge >= 0.3 is 0 Å². The van der Waals surface area contributed by atoms with E-state index in [0.717, 1.165) is 38.3 Å². The quantitative estimate of drug-likeness (QED) is 0.910. The Hall–Kier alpha value is -1.62. The Morgan fingerprint density at radius 3 is 2.48 bits per heavy atom. The molecule has 2 aliphatic rings. The van der Waals surface area contributed by atoms with Gasteiger partial charge in [-0.15, -0.1) is 0 Å². The van der Waals surface area contributed by atoms with Crippen molar-refractivity contribution in [2.24, 2.45) is 11.8 Å². The van der Waals surface area contributed by atoms with Gasteiger partial charge in [0.1, 0.15) is 5.82 Å². The summed E-state index contributed by atoms with van der Waals surface area (Å²) in [5.74, 6) is 1.21. The summed E-state index contributed by atoms with van der Waals surface area (Å²) in [6.45, 7) is 8.50. The summed E-state index contributed by atoms with van der Waals surface area (Å²) in [6, 6.07) is 6.98. The highest BCUT2D eigenvalue weighted by atomic mass is 19.1. The van der Waals surface area contributed by atoms with Crippen LogP contribution in [0.1, 0.15) is 33.1 Å². The number of nitrogens with one attached hydrogen (secondary N) is 1. The molecule has 0 spiro atoms. The van der Waals surface area contributed by atoms with Gasteiger partial charge in [0.05, 0.1) is 6.54 Å². The van der Waals surface area contributed by atoms with E-state index in [1.165, 1.54) is 25.0 Å². The normalized spacial score (nSPS) is 28.0. The van der Waals surface area contributed by atoms with Crippen LogP contribution in [0.5, 0.6) is 0 Å². The number of benzene rings is 1. The Morgan fingerprint density at radius 2 is 1.80 bits per heavy atom. The largest absolute Gasteiger partial charge is 0.369 e. The van der Waals surface area contributed by atoms with E-state index in [0.29, 0.717) is 24.4 Å². The fourth-order valence-corrected chi connectivity index (χ4v) is 4.06. The second-order valence-corrected chi connectivity index (χ2v) is 7.68. The first kappa shape index (κ1) is 18.2. The summed E-state index contributed by atoms with van der Waals surface area (Å²) in [5.41, 5.74) is 1.05. The van der Waals surface area contributed by atoms with E-state index < -0.39 is 0 Å². The molecule has 0 radical (unpaired) electrons. The van der Waals surface area contributed by atoms with Gasteiger partial charge in [-0.25, -0.2) is 4.39 Å². The molecule has 0 unspecified atom stereocenters. The predicted octanol–water partition coefficient (Wildman–Crippen LogP) is 2.89. The van der Waals surface area contributed by atoms with Gasteiger partial charge in [0.25, 0.3) is 0 Å². The fourth-order valence-electron chi connectivity index (χ4n) is 4.06. The number of anilines is 1. The van der Waals surface area contributed by atoms with Crippen LogP contribution in [0.15, 0.2) is 24.3 Å². The molecule has 0 aromatic heterocycles. The third-order valence-corrected chi connectivity index (χ3v) is 5.98. The van der Waals surface area contributed by atoms with Gasteiger partial charge < -0.3 is 10.2 Å². The van der Waals surface area contributed by atoms with E-state index in [9.17, 15) is 9.18 Å². The monoisotopic (exact) mass is 347 g/mol. The summed E-state index contributed by atoms with van der Waals surface area (Å²) in [4.78, 5) is 16.9. The smallest absolute Gasteiger partial charge is 0.234 e. The highest BCUT2D eigenvalue weighted by Crippen LogP contribution is 2.29. The van der Waals surface area contributed by atoms with Crippen LogP contribution in [-0.2, 0) is 4.79 Å². The van der Waals surface area contributed by atoms with Gasteiger partial charge in [-0.2, -0.15) is 0 Å². The number of halogens is 1. The first-order valence-electron chi connectivity index (χ1n) is 9.55. The zero-order chi connectivity index (χ0) is 17.8. The lowest BCUT2D eigenvalue weighted by Gasteiger charge is -2.37. The van der Waals surface area contributed by atoms with Crippen LogP contribution in [0.2, 0.25) is 0 Å². The molecule has 1 saturated carbocycles. The van der Waals surface area contributed by atoms with Crippen molar-refractivity contribution in [2.45, 2.75) is 39.2 Å². The summed E-state index contributed by atoms with van der Waals surface area (Å²) in [6.07, 6.45) is 3.60. The lowest BCUT2D eigenvalue weighted by Crippen LogP contribution is -2.52. The zero-order valence-corrected chi connectivity index (χ0v) is 15.4.